The van der Waals surface area contributed by atoms with Gasteiger partial charge in [-0.2, -0.15) is 0 Å². The van der Waals surface area contributed by atoms with E-state index in [1.54, 1.807) is 34.6 Å². The van der Waals surface area contributed by atoms with Gasteiger partial charge in [-0.25, -0.2) is 9.36 Å². The first-order chi connectivity index (χ1) is 22.6. The summed E-state index contributed by atoms with van der Waals surface area (Å²) >= 11 is 0. The Kier molecular flexibility index (Phi) is 8.13. The van der Waals surface area contributed by atoms with E-state index in [0.29, 0.717) is 49.1 Å². The molecule has 14 heteroatoms. The van der Waals surface area contributed by atoms with Crippen LogP contribution in [0.3, 0.4) is 0 Å². The molecule has 1 aliphatic heterocycles. The van der Waals surface area contributed by atoms with Crippen molar-refractivity contribution in [2.24, 2.45) is 0 Å². The minimum atomic E-state index is -0.0926. The van der Waals surface area contributed by atoms with Crippen molar-refractivity contribution in [1.29, 1.82) is 0 Å². The number of amides is 2. The molecule has 0 aliphatic carbocycles. The molecular formula is C32H30N10O4. The molecule has 0 saturated carbocycles. The third kappa shape index (κ3) is 6.45. The number of carbonyl (C=O) groups excluding carboxylic acids is 2. The summed E-state index contributed by atoms with van der Waals surface area (Å²) in [5, 5.41) is 18.4. The average molecular weight is 619 g/mol. The molecule has 0 spiro atoms. The third-order valence-corrected chi connectivity index (χ3v) is 7.69. The largest absolute Gasteiger partial charge is 0.485 e. The van der Waals surface area contributed by atoms with Gasteiger partial charge in [0.2, 0.25) is 11.8 Å². The number of para-hydroxylation sites is 2. The van der Waals surface area contributed by atoms with Gasteiger partial charge in [0.1, 0.15) is 60.2 Å². The van der Waals surface area contributed by atoms with Gasteiger partial charge in [0.15, 0.2) is 0 Å². The summed E-state index contributed by atoms with van der Waals surface area (Å²) in [6.45, 7) is 2.22. The molecule has 46 heavy (non-hydrogen) atoms. The van der Waals surface area contributed by atoms with E-state index in [1.807, 2.05) is 60.7 Å². The Morgan fingerprint density at radius 3 is 1.50 bits per heavy atom. The van der Waals surface area contributed by atoms with Crippen molar-refractivity contribution in [1.82, 2.24) is 49.8 Å². The van der Waals surface area contributed by atoms with Crippen molar-refractivity contribution in [2.45, 2.75) is 26.3 Å². The number of rotatable bonds is 10. The molecule has 14 nitrogen and oxygen atoms in total. The number of hydrogen-bond donors (Lipinski definition) is 0. The first kappa shape index (κ1) is 28.8. The zero-order valence-electron chi connectivity index (χ0n) is 24.8. The first-order valence-corrected chi connectivity index (χ1v) is 14.9. The molecule has 0 N–H and O–H groups in total. The molecule has 2 aromatic carbocycles. The van der Waals surface area contributed by atoms with E-state index >= 15 is 0 Å². The Labute approximate surface area is 263 Å². The molecule has 5 heterocycles. The van der Waals surface area contributed by atoms with Gasteiger partial charge in [-0.05, 0) is 24.3 Å². The van der Waals surface area contributed by atoms with Gasteiger partial charge >= 0.3 is 0 Å². The highest BCUT2D eigenvalue weighted by molar-refractivity contribution is 5.85. The van der Waals surface area contributed by atoms with Gasteiger partial charge in [0.05, 0.1) is 12.4 Å². The van der Waals surface area contributed by atoms with E-state index < -0.39 is 0 Å². The molecule has 0 unspecified atom stereocenters. The summed E-state index contributed by atoms with van der Waals surface area (Å²) < 4.78 is 14.9. The fraction of sp³-hybridized carbons (Fsp3) is 0.250. The lowest BCUT2D eigenvalue weighted by Gasteiger charge is -2.34. The molecule has 232 valence electrons. The summed E-state index contributed by atoms with van der Waals surface area (Å²) in [5.74, 6) is 1.13. The van der Waals surface area contributed by atoms with Crippen LogP contribution in [0.25, 0.3) is 21.8 Å². The van der Waals surface area contributed by atoms with Crippen molar-refractivity contribution in [3.8, 4) is 11.5 Å². The SMILES string of the molecule is O=C(Cn1cc(COc2cccc3cccnc23)nn1)N1CCN(C(=O)Cn2cc(COc3cccc4cccnc34)nn2)CC1. The van der Waals surface area contributed by atoms with E-state index in [4.69, 9.17) is 9.47 Å². The standard InChI is InChI=1S/C32H30N10O4/c43-29(19-41-17-25(35-37-41)21-45-27-9-1-5-23-7-3-11-33-31(23)27)39-13-15-40(16-14-39)30(44)20-42-18-26(36-38-42)22-46-28-10-2-6-24-8-4-12-34-32(24)28/h1-12,17-18H,13-16,19-22H2. The van der Waals surface area contributed by atoms with Crippen molar-refractivity contribution in [3.63, 3.8) is 0 Å². The van der Waals surface area contributed by atoms with Gasteiger partial charge in [0.25, 0.3) is 0 Å². The lowest BCUT2D eigenvalue weighted by Crippen LogP contribution is -2.52. The van der Waals surface area contributed by atoms with Crippen LogP contribution in [0.2, 0.25) is 0 Å². The van der Waals surface area contributed by atoms with E-state index in [-0.39, 0.29) is 38.1 Å². The van der Waals surface area contributed by atoms with Gasteiger partial charge in [-0.15, -0.1) is 10.2 Å². The minimum absolute atomic E-state index is 0.0510. The van der Waals surface area contributed by atoms with Crippen LogP contribution < -0.4 is 9.47 Å². The highest BCUT2D eigenvalue weighted by Gasteiger charge is 2.25. The van der Waals surface area contributed by atoms with Crippen LogP contribution in [-0.4, -0.2) is 87.7 Å². The Hall–Kier alpha value is -5.92. The molecule has 0 atom stereocenters. The van der Waals surface area contributed by atoms with Gasteiger partial charge in [-0.1, -0.05) is 46.8 Å². The van der Waals surface area contributed by atoms with Gasteiger partial charge in [-0.3, -0.25) is 19.6 Å². The minimum Gasteiger partial charge on any atom is -0.485 e. The second-order valence-electron chi connectivity index (χ2n) is 10.8. The van der Waals surface area contributed by atoms with Crippen molar-refractivity contribution < 1.29 is 19.1 Å². The Balaban J connectivity index is 0.858. The van der Waals surface area contributed by atoms with Gasteiger partial charge in [0, 0.05) is 49.3 Å². The molecule has 1 saturated heterocycles. The molecule has 7 rings (SSSR count). The van der Waals surface area contributed by atoms with Crippen LogP contribution >= 0.6 is 0 Å². The fourth-order valence-corrected chi connectivity index (χ4v) is 5.34. The van der Waals surface area contributed by atoms with Crippen LogP contribution in [0, 0.1) is 0 Å². The maximum atomic E-state index is 13.0. The predicted octanol–water partition coefficient (Wildman–Crippen LogP) is 2.50. The zero-order chi connectivity index (χ0) is 31.3. The van der Waals surface area contributed by atoms with Crippen molar-refractivity contribution in [3.05, 3.63) is 96.8 Å². The number of aromatic nitrogens is 8. The normalized spacial score (nSPS) is 13.3. The molecule has 1 aliphatic rings. The first-order valence-electron chi connectivity index (χ1n) is 14.9. The van der Waals surface area contributed by atoms with E-state index in [9.17, 15) is 9.59 Å². The van der Waals surface area contributed by atoms with Crippen LogP contribution in [0.1, 0.15) is 11.4 Å². The maximum absolute atomic E-state index is 13.0. The lowest BCUT2D eigenvalue weighted by atomic mass is 10.2. The highest BCUT2D eigenvalue weighted by atomic mass is 16.5. The van der Waals surface area contributed by atoms with Crippen LogP contribution in [0.15, 0.2) is 85.5 Å². The van der Waals surface area contributed by atoms with E-state index in [0.717, 1.165) is 21.8 Å². The predicted molar refractivity (Wildman–Crippen MR) is 165 cm³/mol. The van der Waals surface area contributed by atoms with Crippen LogP contribution in [0.5, 0.6) is 11.5 Å². The summed E-state index contributed by atoms with van der Waals surface area (Å²) in [4.78, 5) is 38.2. The second kappa shape index (κ2) is 13.0. The fourth-order valence-electron chi connectivity index (χ4n) is 5.34. The molecular weight excluding hydrogens is 588 g/mol. The quantitative estimate of drug-likeness (QED) is 0.224. The van der Waals surface area contributed by atoms with Crippen molar-refractivity contribution >= 4 is 33.6 Å². The Bertz CT molecular complexity index is 1850. The number of benzene rings is 2. The number of fused-ring (bicyclic) bond motifs is 2. The summed E-state index contributed by atoms with van der Waals surface area (Å²) in [6.07, 6.45) is 6.85. The smallest absolute Gasteiger partial charge is 0.244 e. The third-order valence-electron chi connectivity index (χ3n) is 7.69. The number of nitrogens with zero attached hydrogens (tertiary/aromatic N) is 10. The molecule has 4 aromatic heterocycles. The average Bonchev–Trinajstić information content (AvgIpc) is 3.75. The summed E-state index contributed by atoms with van der Waals surface area (Å²) in [5.41, 5.74) is 2.75. The molecule has 6 aromatic rings. The summed E-state index contributed by atoms with van der Waals surface area (Å²) in [7, 11) is 0. The molecule has 0 bridgehead atoms. The van der Waals surface area contributed by atoms with E-state index in [1.165, 1.54) is 9.36 Å². The number of piperazine rings is 1. The molecule has 1 fully saturated rings. The lowest BCUT2D eigenvalue weighted by molar-refractivity contribution is -0.140. The Morgan fingerprint density at radius 1 is 0.609 bits per heavy atom. The highest BCUT2D eigenvalue weighted by Crippen LogP contribution is 2.24. The molecule has 0 radical (unpaired) electrons. The zero-order valence-corrected chi connectivity index (χ0v) is 24.8. The Morgan fingerprint density at radius 2 is 1.04 bits per heavy atom. The van der Waals surface area contributed by atoms with Crippen molar-refractivity contribution in [2.75, 3.05) is 26.2 Å². The van der Waals surface area contributed by atoms with Crippen LogP contribution in [0.4, 0.5) is 0 Å². The maximum Gasteiger partial charge on any atom is 0.244 e. The monoisotopic (exact) mass is 618 g/mol. The topological polar surface area (TPSA) is 146 Å². The molecule has 2 amide bonds. The van der Waals surface area contributed by atoms with E-state index in [2.05, 4.69) is 30.6 Å². The number of pyridine rings is 2. The number of carbonyl (C=O) groups is 2. The van der Waals surface area contributed by atoms with Crippen LogP contribution in [-0.2, 0) is 35.9 Å². The second-order valence-corrected chi connectivity index (χ2v) is 10.8. The number of ether oxygens (including phenoxy) is 2. The number of hydrogen-bond acceptors (Lipinski definition) is 10. The summed E-state index contributed by atoms with van der Waals surface area (Å²) in [6, 6.07) is 19.2. The van der Waals surface area contributed by atoms with Gasteiger partial charge < -0.3 is 19.3 Å².